The number of carbonyl (C=O) groups is 1. The number of aromatic nitrogens is 1. The molecule has 1 aromatic heterocycles. The van der Waals surface area contributed by atoms with Crippen molar-refractivity contribution in [3.63, 3.8) is 0 Å². The number of para-hydroxylation sites is 1. The fourth-order valence-corrected chi connectivity index (χ4v) is 3.10. The van der Waals surface area contributed by atoms with Crippen molar-refractivity contribution in [2.45, 2.75) is 26.3 Å². The van der Waals surface area contributed by atoms with Crippen molar-refractivity contribution in [3.8, 4) is 0 Å². The first-order valence-corrected chi connectivity index (χ1v) is 8.12. The highest BCUT2D eigenvalue weighted by Gasteiger charge is 2.29. The van der Waals surface area contributed by atoms with Gasteiger partial charge < -0.3 is 4.57 Å². The molecule has 1 heterocycles. The highest BCUT2D eigenvalue weighted by molar-refractivity contribution is 6.09. The smallest absolute Gasteiger partial charge is 0.243 e. The van der Waals surface area contributed by atoms with Crippen LogP contribution in [0.4, 0.5) is 0 Å². The zero-order valence-electron chi connectivity index (χ0n) is 13.1. The maximum atomic E-state index is 11.6. The Morgan fingerprint density at radius 1 is 1.22 bits per heavy atom. The van der Waals surface area contributed by atoms with Crippen LogP contribution in [0.1, 0.15) is 25.3 Å². The number of rotatable bonds is 4. The molecule has 0 unspecified atom stereocenters. The van der Waals surface area contributed by atoms with Gasteiger partial charge in [0.1, 0.15) is 0 Å². The summed E-state index contributed by atoms with van der Waals surface area (Å²) < 4.78 is 2.32. The van der Waals surface area contributed by atoms with E-state index in [1.165, 1.54) is 21.8 Å². The van der Waals surface area contributed by atoms with Gasteiger partial charge in [0.05, 0.1) is 6.21 Å². The molecular formula is C19H19N3O. The number of fused-ring (bicyclic) bond motifs is 3. The minimum absolute atomic E-state index is 0.0323. The van der Waals surface area contributed by atoms with E-state index in [9.17, 15) is 4.79 Å². The molecule has 1 aliphatic carbocycles. The summed E-state index contributed by atoms with van der Waals surface area (Å²) in [5, 5.41) is 6.56. The number of hydrogen-bond donors (Lipinski definition) is 1. The molecule has 1 fully saturated rings. The SMILES string of the molecule is CCn1c2ccccc2c2cc(/C=N\NC(=O)C3CC3)ccc21. The first kappa shape index (κ1) is 14.0. The molecule has 116 valence electrons. The van der Waals surface area contributed by atoms with Crippen LogP contribution in [0.2, 0.25) is 0 Å². The van der Waals surface area contributed by atoms with Gasteiger partial charge in [0.15, 0.2) is 0 Å². The van der Waals surface area contributed by atoms with E-state index in [2.05, 4.69) is 58.4 Å². The average Bonchev–Trinajstić information content (AvgIpc) is 3.38. The predicted molar refractivity (Wildman–Crippen MR) is 93.6 cm³/mol. The molecular weight excluding hydrogens is 286 g/mol. The predicted octanol–water partition coefficient (Wildman–Crippen LogP) is 3.67. The summed E-state index contributed by atoms with van der Waals surface area (Å²) in [5.41, 5.74) is 6.09. The molecule has 0 atom stereocenters. The Hall–Kier alpha value is -2.62. The van der Waals surface area contributed by atoms with Crippen LogP contribution in [0.3, 0.4) is 0 Å². The summed E-state index contributed by atoms with van der Waals surface area (Å²) in [6.07, 6.45) is 3.70. The van der Waals surface area contributed by atoms with Crippen molar-refractivity contribution < 1.29 is 4.79 Å². The Labute approximate surface area is 134 Å². The fourth-order valence-electron chi connectivity index (χ4n) is 3.10. The lowest BCUT2D eigenvalue weighted by Crippen LogP contribution is -2.18. The number of nitrogens with one attached hydrogen (secondary N) is 1. The molecule has 1 saturated carbocycles. The Morgan fingerprint density at radius 3 is 2.78 bits per heavy atom. The second kappa shape index (κ2) is 5.54. The van der Waals surface area contributed by atoms with E-state index < -0.39 is 0 Å². The summed E-state index contributed by atoms with van der Waals surface area (Å²) in [5.74, 6) is 0.210. The highest BCUT2D eigenvalue weighted by Crippen LogP contribution is 2.30. The summed E-state index contributed by atoms with van der Waals surface area (Å²) in [6.45, 7) is 3.10. The molecule has 3 aromatic rings. The molecule has 4 heteroatoms. The van der Waals surface area contributed by atoms with Gasteiger partial charge in [0.2, 0.25) is 5.91 Å². The maximum absolute atomic E-state index is 11.6. The van der Waals surface area contributed by atoms with Crippen LogP contribution >= 0.6 is 0 Å². The van der Waals surface area contributed by atoms with E-state index in [4.69, 9.17) is 0 Å². The van der Waals surface area contributed by atoms with Crippen LogP contribution < -0.4 is 5.43 Å². The molecule has 0 spiro atoms. The third-order valence-corrected chi connectivity index (χ3v) is 4.45. The van der Waals surface area contributed by atoms with Crippen molar-refractivity contribution in [2.24, 2.45) is 11.0 Å². The lowest BCUT2D eigenvalue weighted by molar-refractivity contribution is -0.122. The molecule has 1 amide bonds. The van der Waals surface area contributed by atoms with Gasteiger partial charge >= 0.3 is 0 Å². The zero-order valence-corrected chi connectivity index (χ0v) is 13.1. The normalized spacial score (nSPS) is 14.8. The number of carbonyl (C=O) groups excluding carboxylic acids is 1. The van der Waals surface area contributed by atoms with Gasteiger partial charge in [-0.1, -0.05) is 24.3 Å². The van der Waals surface area contributed by atoms with E-state index in [1.807, 2.05) is 6.07 Å². The topological polar surface area (TPSA) is 46.4 Å². The Bertz CT molecular complexity index is 919. The molecule has 4 nitrogen and oxygen atoms in total. The molecule has 0 radical (unpaired) electrons. The monoisotopic (exact) mass is 305 g/mol. The van der Waals surface area contributed by atoms with Crippen LogP contribution in [0.15, 0.2) is 47.6 Å². The minimum Gasteiger partial charge on any atom is -0.341 e. The van der Waals surface area contributed by atoms with Crippen LogP contribution in [-0.4, -0.2) is 16.7 Å². The molecule has 0 bridgehead atoms. The number of benzene rings is 2. The largest absolute Gasteiger partial charge is 0.341 e. The van der Waals surface area contributed by atoms with Crippen LogP contribution in [0.25, 0.3) is 21.8 Å². The molecule has 1 N–H and O–H groups in total. The summed E-state index contributed by atoms with van der Waals surface area (Å²) in [4.78, 5) is 11.6. The van der Waals surface area contributed by atoms with Gasteiger partial charge in [-0.15, -0.1) is 0 Å². The number of amides is 1. The minimum atomic E-state index is 0.0323. The molecule has 23 heavy (non-hydrogen) atoms. The standard InChI is InChI=1S/C19H19N3O/c1-2-22-17-6-4-3-5-15(17)16-11-13(7-10-18(16)22)12-20-21-19(23)14-8-9-14/h3-7,10-12,14H,2,8-9H2,1H3,(H,21,23)/b20-12-. The van der Waals surface area contributed by atoms with Gasteiger partial charge in [-0.2, -0.15) is 5.10 Å². The van der Waals surface area contributed by atoms with E-state index in [0.717, 1.165) is 24.9 Å². The Kier molecular flexibility index (Phi) is 3.37. The molecule has 4 rings (SSSR count). The Balaban J connectivity index is 1.71. The molecule has 0 aliphatic heterocycles. The third kappa shape index (κ3) is 2.50. The van der Waals surface area contributed by atoms with Gasteiger partial charge in [0, 0.05) is 34.3 Å². The third-order valence-electron chi connectivity index (χ3n) is 4.45. The summed E-state index contributed by atoms with van der Waals surface area (Å²) >= 11 is 0. The van der Waals surface area contributed by atoms with Crippen molar-refractivity contribution >= 4 is 33.9 Å². The molecule has 1 aliphatic rings. The van der Waals surface area contributed by atoms with Crippen molar-refractivity contribution in [1.82, 2.24) is 9.99 Å². The van der Waals surface area contributed by atoms with Crippen LogP contribution in [-0.2, 0) is 11.3 Å². The quantitative estimate of drug-likeness (QED) is 0.580. The Morgan fingerprint density at radius 2 is 2.00 bits per heavy atom. The van der Waals surface area contributed by atoms with Gasteiger partial charge in [-0.05, 0) is 43.5 Å². The lowest BCUT2D eigenvalue weighted by Gasteiger charge is -2.02. The summed E-state index contributed by atoms with van der Waals surface area (Å²) in [6, 6.07) is 14.8. The van der Waals surface area contributed by atoms with E-state index >= 15 is 0 Å². The van der Waals surface area contributed by atoms with Crippen LogP contribution in [0.5, 0.6) is 0 Å². The second-order valence-corrected chi connectivity index (χ2v) is 6.05. The highest BCUT2D eigenvalue weighted by atomic mass is 16.2. The van der Waals surface area contributed by atoms with E-state index in [1.54, 1.807) is 6.21 Å². The van der Waals surface area contributed by atoms with Crippen LogP contribution in [0, 0.1) is 5.92 Å². The maximum Gasteiger partial charge on any atom is 0.243 e. The molecule has 0 saturated heterocycles. The van der Waals surface area contributed by atoms with Gasteiger partial charge in [0.25, 0.3) is 0 Å². The molecule has 2 aromatic carbocycles. The number of aryl methyl sites for hydroxylation is 1. The average molecular weight is 305 g/mol. The fraction of sp³-hybridized carbons (Fsp3) is 0.263. The van der Waals surface area contributed by atoms with E-state index in [0.29, 0.717) is 0 Å². The summed E-state index contributed by atoms with van der Waals surface area (Å²) in [7, 11) is 0. The van der Waals surface area contributed by atoms with Crippen molar-refractivity contribution in [3.05, 3.63) is 48.0 Å². The first-order chi connectivity index (χ1) is 11.3. The second-order valence-electron chi connectivity index (χ2n) is 6.05. The van der Waals surface area contributed by atoms with Gasteiger partial charge in [-0.25, -0.2) is 5.43 Å². The number of hydrazone groups is 1. The van der Waals surface area contributed by atoms with Crippen molar-refractivity contribution in [1.29, 1.82) is 0 Å². The first-order valence-electron chi connectivity index (χ1n) is 8.12. The lowest BCUT2D eigenvalue weighted by atomic mass is 10.1. The number of hydrogen-bond acceptors (Lipinski definition) is 2. The van der Waals surface area contributed by atoms with E-state index in [-0.39, 0.29) is 11.8 Å². The van der Waals surface area contributed by atoms with Gasteiger partial charge in [-0.3, -0.25) is 4.79 Å². The van der Waals surface area contributed by atoms with Crippen molar-refractivity contribution in [2.75, 3.05) is 0 Å². The zero-order chi connectivity index (χ0) is 15.8. The number of nitrogens with zero attached hydrogens (tertiary/aromatic N) is 2.